The summed E-state index contributed by atoms with van der Waals surface area (Å²) in [4.78, 5) is 23.0. The molecule has 3 N–H and O–H groups in total. The molecular formula is C19H34O7S. The van der Waals surface area contributed by atoms with Gasteiger partial charge in [-0.25, -0.2) is 9.59 Å². The van der Waals surface area contributed by atoms with E-state index in [2.05, 4.69) is 6.92 Å². The molecule has 0 radical (unpaired) electrons. The van der Waals surface area contributed by atoms with Gasteiger partial charge in [-0.3, -0.25) is 4.55 Å². The lowest BCUT2D eigenvalue weighted by Crippen LogP contribution is -2.29. The van der Waals surface area contributed by atoms with Crippen LogP contribution in [-0.2, 0) is 19.7 Å². The maximum absolute atomic E-state index is 11.5. The molecule has 0 saturated heterocycles. The van der Waals surface area contributed by atoms with E-state index in [4.69, 9.17) is 0 Å². The van der Waals surface area contributed by atoms with Crippen LogP contribution in [0.5, 0.6) is 0 Å². The smallest absolute Gasteiger partial charge is 0.333 e. The van der Waals surface area contributed by atoms with Gasteiger partial charge in [-0.15, -0.1) is 0 Å². The van der Waals surface area contributed by atoms with Gasteiger partial charge in [0.15, 0.2) is 0 Å². The first-order valence-corrected chi connectivity index (χ1v) is 11.3. The summed E-state index contributed by atoms with van der Waals surface area (Å²) in [6.45, 7) is 3.57. The van der Waals surface area contributed by atoms with Gasteiger partial charge in [0.05, 0.1) is 5.57 Å². The van der Waals surface area contributed by atoms with Crippen LogP contribution in [0.2, 0.25) is 0 Å². The van der Waals surface area contributed by atoms with Crippen LogP contribution in [0.4, 0.5) is 0 Å². The third-order valence-electron chi connectivity index (χ3n) is 4.65. The summed E-state index contributed by atoms with van der Waals surface area (Å²) >= 11 is 0. The van der Waals surface area contributed by atoms with E-state index in [-0.39, 0.29) is 12.8 Å². The quantitative estimate of drug-likeness (QED) is 0.196. The molecule has 1 atom stereocenters. The molecule has 0 aromatic heterocycles. The maximum atomic E-state index is 11.5. The van der Waals surface area contributed by atoms with Gasteiger partial charge >= 0.3 is 11.9 Å². The lowest BCUT2D eigenvalue weighted by molar-refractivity contribution is -0.136. The zero-order valence-electron chi connectivity index (χ0n) is 16.4. The minimum Gasteiger partial charge on any atom is -0.478 e. The number of hydrogen-bond donors (Lipinski definition) is 3. The number of rotatable bonds is 16. The summed E-state index contributed by atoms with van der Waals surface area (Å²) in [5.74, 6) is -3.07. The standard InChI is InChI=1S/C19H34O7S/c1-3-5-6-7-8-9-10-11-12-13-14-15(18(20)21)17(19(22)23)16(4-2)27(24,25)26/h16H,3-14H2,1-2H3,(H,20,21)(H,22,23)(H,24,25,26). The third-order valence-corrected chi connectivity index (χ3v) is 5.93. The Morgan fingerprint density at radius 2 is 1.22 bits per heavy atom. The second-order valence-corrected chi connectivity index (χ2v) is 8.45. The highest BCUT2D eigenvalue weighted by molar-refractivity contribution is 7.86. The van der Waals surface area contributed by atoms with Gasteiger partial charge < -0.3 is 10.2 Å². The lowest BCUT2D eigenvalue weighted by atomic mass is 9.97. The second kappa shape index (κ2) is 13.7. The van der Waals surface area contributed by atoms with Crippen LogP contribution in [-0.4, -0.2) is 40.4 Å². The van der Waals surface area contributed by atoms with Crippen molar-refractivity contribution in [3.8, 4) is 0 Å². The Morgan fingerprint density at radius 1 is 0.778 bits per heavy atom. The Kier molecular flexibility index (Phi) is 13.0. The minimum absolute atomic E-state index is 0.0283. The van der Waals surface area contributed by atoms with E-state index in [0.29, 0.717) is 6.42 Å². The number of carboxylic acid groups (broad SMARTS) is 2. The molecule has 27 heavy (non-hydrogen) atoms. The summed E-state index contributed by atoms with van der Waals surface area (Å²) in [5, 5.41) is 16.9. The van der Waals surface area contributed by atoms with Crippen LogP contribution in [0.15, 0.2) is 11.1 Å². The van der Waals surface area contributed by atoms with E-state index >= 15 is 0 Å². The molecule has 0 spiro atoms. The summed E-state index contributed by atoms with van der Waals surface area (Å²) in [5.41, 5.74) is -1.17. The first kappa shape index (κ1) is 25.6. The average molecular weight is 407 g/mol. The fraction of sp³-hybridized carbons (Fsp3) is 0.789. The minimum atomic E-state index is -4.69. The van der Waals surface area contributed by atoms with Gasteiger partial charge in [0.2, 0.25) is 0 Å². The molecular weight excluding hydrogens is 372 g/mol. The van der Waals surface area contributed by atoms with Gasteiger partial charge in [0, 0.05) is 5.57 Å². The molecule has 0 amide bonds. The number of unbranched alkanes of at least 4 members (excludes halogenated alkanes) is 9. The second-order valence-electron chi connectivity index (χ2n) is 6.85. The summed E-state index contributed by atoms with van der Waals surface area (Å²) in [6, 6.07) is 0. The zero-order chi connectivity index (χ0) is 20.9. The molecule has 1 unspecified atom stereocenters. The van der Waals surface area contributed by atoms with Crippen LogP contribution in [0.1, 0.15) is 90.9 Å². The normalized spacial score (nSPS) is 13.9. The van der Waals surface area contributed by atoms with Crippen molar-refractivity contribution in [2.24, 2.45) is 0 Å². The highest BCUT2D eigenvalue weighted by atomic mass is 32.2. The molecule has 8 heteroatoms. The Hall–Kier alpha value is -1.41. The number of carboxylic acids is 2. The molecule has 7 nitrogen and oxygen atoms in total. The first-order valence-electron chi connectivity index (χ1n) is 9.82. The van der Waals surface area contributed by atoms with Crippen molar-refractivity contribution in [1.82, 2.24) is 0 Å². The molecule has 158 valence electrons. The van der Waals surface area contributed by atoms with Gasteiger partial charge in [-0.05, 0) is 19.3 Å². The van der Waals surface area contributed by atoms with E-state index in [0.717, 1.165) is 25.7 Å². The van der Waals surface area contributed by atoms with Crippen molar-refractivity contribution in [2.75, 3.05) is 0 Å². The fourth-order valence-corrected chi connectivity index (χ4v) is 4.13. The largest absolute Gasteiger partial charge is 0.478 e. The van der Waals surface area contributed by atoms with Gasteiger partial charge in [0.1, 0.15) is 5.25 Å². The predicted octanol–water partition coefficient (Wildman–Crippen LogP) is 4.43. The molecule has 0 rings (SSSR count). The molecule has 0 aromatic rings. The van der Waals surface area contributed by atoms with Crippen molar-refractivity contribution in [3.05, 3.63) is 11.1 Å². The number of hydrogen-bond acceptors (Lipinski definition) is 4. The van der Waals surface area contributed by atoms with E-state index in [1.165, 1.54) is 39.0 Å². The number of carbonyl (C=O) groups is 2. The van der Waals surface area contributed by atoms with Gasteiger partial charge in [-0.2, -0.15) is 8.42 Å². The molecule has 0 fully saturated rings. The highest BCUT2D eigenvalue weighted by Crippen LogP contribution is 2.24. The summed E-state index contributed by atoms with van der Waals surface area (Å²) < 4.78 is 32.1. The van der Waals surface area contributed by atoms with Crippen molar-refractivity contribution >= 4 is 22.1 Å². The average Bonchev–Trinajstić information content (AvgIpc) is 2.56. The van der Waals surface area contributed by atoms with Crippen LogP contribution >= 0.6 is 0 Å². The van der Waals surface area contributed by atoms with Gasteiger partial charge in [0.25, 0.3) is 10.1 Å². The maximum Gasteiger partial charge on any atom is 0.333 e. The Labute approximate surface area is 162 Å². The van der Waals surface area contributed by atoms with E-state index in [9.17, 15) is 32.8 Å². The molecule has 0 aliphatic heterocycles. The van der Waals surface area contributed by atoms with Crippen LogP contribution in [0.25, 0.3) is 0 Å². The Balaban J connectivity index is 4.71. The highest BCUT2D eigenvalue weighted by Gasteiger charge is 2.34. The molecule has 0 bridgehead atoms. The molecule has 0 aliphatic rings. The fourth-order valence-electron chi connectivity index (χ4n) is 3.17. The molecule has 0 saturated carbocycles. The van der Waals surface area contributed by atoms with Crippen molar-refractivity contribution in [1.29, 1.82) is 0 Å². The van der Waals surface area contributed by atoms with Crippen molar-refractivity contribution < 1.29 is 32.8 Å². The number of aliphatic carboxylic acids is 2. The van der Waals surface area contributed by atoms with Gasteiger partial charge in [-0.1, -0.05) is 71.6 Å². The first-order chi connectivity index (χ1) is 12.7. The predicted molar refractivity (Wildman–Crippen MR) is 104 cm³/mol. The van der Waals surface area contributed by atoms with Crippen LogP contribution < -0.4 is 0 Å². The third kappa shape index (κ3) is 10.5. The zero-order valence-corrected chi connectivity index (χ0v) is 17.3. The monoisotopic (exact) mass is 406 g/mol. The topological polar surface area (TPSA) is 129 Å². The Bertz CT molecular complexity index is 593. The van der Waals surface area contributed by atoms with E-state index in [1.807, 2.05) is 0 Å². The van der Waals surface area contributed by atoms with Crippen LogP contribution in [0.3, 0.4) is 0 Å². The van der Waals surface area contributed by atoms with Crippen molar-refractivity contribution in [3.63, 3.8) is 0 Å². The molecule has 0 aromatic carbocycles. The summed E-state index contributed by atoms with van der Waals surface area (Å²) in [7, 11) is -4.69. The molecule has 0 aliphatic carbocycles. The van der Waals surface area contributed by atoms with Crippen molar-refractivity contribution in [2.45, 2.75) is 96.1 Å². The Morgan fingerprint density at radius 3 is 1.56 bits per heavy atom. The summed E-state index contributed by atoms with van der Waals surface area (Å²) in [6.07, 6.45) is 10.2. The van der Waals surface area contributed by atoms with E-state index in [1.54, 1.807) is 0 Å². The lowest BCUT2D eigenvalue weighted by Gasteiger charge is -2.16. The van der Waals surface area contributed by atoms with Crippen LogP contribution in [0, 0.1) is 0 Å². The van der Waals surface area contributed by atoms with E-state index < -0.39 is 38.5 Å². The molecule has 0 heterocycles. The SMILES string of the molecule is CCCCCCCCCCCCC(C(=O)O)=C(C(=O)O)C(CC)S(=O)(=O)O.